The van der Waals surface area contributed by atoms with E-state index in [2.05, 4.69) is 182 Å². The maximum atomic E-state index is 2.31. The summed E-state index contributed by atoms with van der Waals surface area (Å²) in [7, 11) is 0. The van der Waals surface area contributed by atoms with Gasteiger partial charge in [-0.05, 0) is 99.7 Å². The molecule has 9 rings (SSSR count). The van der Waals surface area contributed by atoms with Gasteiger partial charge in [0.1, 0.15) is 0 Å². The second-order valence-electron chi connectivity index (χ2n) is 12.1. The SMILES string of the molecule is c1ccc2cc(-c3ccc(-c4ccc(-c5ccc(-c6ccc7c(ccc8ccccc87)c6)cc5)c5ccccc45)cc3)ccc2c1. The van der Waals surface area contributed by atoms with Crippen LogP contribution in [0.3, 0.4) is 0 Å². The summed E-state index contributed by atoms with van der Waals surface area (Å²) in [4.78, 5) is 0. The highest BCUT2D eigenvalue weighted by Crippen LogP contribution is 2.38. The van der Waals surface area contributed by atoms with Crippen LogP contribution in [0.1, 0.15) is 0 Å². The first-order valence-corrected chi connectivity index (χ1v) is 15.9. The number of rotatable bonds is 4. The van der Waals surface area contributed by atoms with E-state index in [1.165, 1.54) is 87.6 Å². The third kappa shape index (κ3) is 4.55. The zero-order valence-corrected chi connectivity index (χ0v) is 25.3. The van der Waals surface area contributed by atoms with Crippen LogP contribution >= 0.6 is 0 Å². The van der Waals surface area contributed by atoms with Crippen LogP contribution in [0.5, 0.6) is 0 Å². The number of hydrogen-bond donors (Lipinski definition) is 0. The van der Waals surface area contributed by atoms with Crippen LogP contribution in [0.15, 0.2) is 182 Å². The Morgan fingerprint density at radius 3 is 1.22 bits per heavy atom. The molecule has 0 aliphatic carbocycles. The summed E-state index contributed by atoms with van der Waals surface area (Å²) >= 11 is 0. The lowest BCUT2D eigenvalue weighted by Crippen LogP contribution is -1.87. The van der Waals surface area contributed by atoms with Crippen molar-refractivity contribution in [3.8, 4) is 44.5 Å². The Hall–Kier alpha value is -5.98. The lowest BCUT2D eigenvalue weighted by molar-refractivity contribution is 1.60. The van der Waals surface area contributed by atoms with Gasteiger partial charge in [0.2, 0.25) is 0 Å². The first-order valence-electron chi connectivity index (χ1n) is 15.9. The Kier molecular flexibility index (Phi) is 6.25. The average molecular weight is 583 g/mol. The second kappa shape index (κ2) is 10.9. The van der Waals surface area contributed by atoms with Gasteiger partial charge in [-0.15, -0.1) is 0 Å². The molecule has 0 saturated heterocycles. The fourth-order valence-corrected chi connectivity index (χ4v) is 7.05. The fourth-order valence-electron chi connectivity index (χ4n) is 7.05. The van der Waals surface area contributed by atoms with Crippen molar-refractivity contribution in [1.29, 1.82) is 0 Å². The van der Waals surface area contributed by atoms with E-state index in [0.29, 0.717) is 0 Å². The normalized spacial score (nSPS) is 11.5. The molecule has 0 unspecified atom stereocenters. The van der Waals surface area contributed by atoms with Gasteiger partial charge in [0.05, 0.1) is 0 Å². The maximum Gasteiger partial charge on any atom is -0.00992 e. The van der Waals surface area contributed by atoms with Crippen molar-refractivity contribution in [3.05, 3.63) is 182 Å². The standard InChI is InChI=1S/C46H30/c1-2-9-37-29-38(23-17-31(37)7-1)32-13-18-35(19-14-32)42-27-28-43(46-12-6-5-11-45(42)46)36-20-15-33(16-21-36)39-25-26-44-40(30-39)24-22-34-8-3-4-10-41(34)44/h1-30H. The van der Waals surface area contributed by atoms with E-state index >= 15 is 0 Å². The van der Waals surface area contributed by atoms with Crippen molar-refractivity contribution in [2.75, 3.05) is 0 Å². The van der Waals surface area contributed by atoms with Crippen molar-refractivity contribution in [2.45, 2.75) is 0 Å². The summed E-state index contributed by atoms with van der Waals surface area (Å²) in [6.45, 7) is 0. The van der Waals surface area contributed by atoms with Crippen LogP contribution in [0.2, 0.25) is 0 Å². The van der Waals surface area contributed by atoms with Gasteiger partial charge in [0.25, 0.3) is 0 Å². The molecule has 0 heterocycles. The van der Waals surface area contributed by atoms with Gasteiger partial charge in [0.15, 0.2) is 0 Å². The maximum absolute atomic E-state index is 2.31. The van der Waals surface area contributed by atoms with Crippen LogP contribution in [0.4, 0.5) is 0 Å². The summed E-state index contributed by atoms with van der Waals surface area (Å²) in [5, 5.41) is 10.2. The second-order valence-corrected chi connectivity index (χ2v) is 12.1. The molecule has 0 atom stereocenters. The summed E-state index contributed by atoms with van der Waals surface area (Å²) in [6.07, 6.45) is 0. The van der Waals surface area contributed by atoms with E-state index < -0.39 is 0 Å². The van der Waals surface area contributed by atoms with E-state index in [-0.39, 0.29) is 0 Å². The van der Waals surface area contributed by atoms with Gasteiger partial charge in [-0.1, -0.05) is 170 Å². The minimum Gasteiger partial charge on any atom is -0.0616 e. The van der Waals surface area contributed by atoms with Crippen molar-refractivity contribution in [3.63, 3.8) is 0 Å². The first-order chi connectivity index (χ1) is 22.8. The predicted molar refractivity (Wildman–Crippen MR) is 198 cm³/mol. The molecular formula is C46H30. The average Bonchev–Trinajstić information content (AvgIpc) is 3.14. The van der Waals surface area contributed by atoms with E-state index in [1.54, 1.807) is 0 Å². The Bertz CT molecular complexity index is 2550. The molecule has 0 spiro atoms. The molecule has 9 aromatic carbocycles. The summed E-state index contributed by atoms with van der Waals surface area (Å²) in [6, 6.07) is 66.5. The highest BCUT2D eigenvalue weighted by Gasteiger charge is 2.11. The fraction of sp³-hybridized carbons (Fsp3) is 0. The molecule has 0 aliphatic heterocycles. The molecular weight excluding hydrogens is 553 g/mol. The molecule has 0 saturated carbocycles. The van der Waals surface area contributed by atoms with Crippen LogP contribution in [0, 0.1) is 0 Å². The highest BCUT2D eigenvalue weighted by molar-refractivity contribution is 6.09. The van der Waals surface area contributed by atoms with Gasteiger partial charge in [-0.2, -0.15) is 0 Å². The molecule has 0 heteroatoms. The van der Waals surface area contributed by atoms with Crippen molar-refractivity contribution in [2.24, 2.45) is 0 Å². The molecule has 0 amide bonds. The lowest BCUT2D eigenvalue weighted by atomic mass is 9.90. The highest BCUT2D eigenvalue weighted by atomic mass is 14.1. The molecule has 0 bridgehead atoms. The Balaban J connectivity index is 1.04. The number of benzene rings is 9. The molecule has 0 radical (unpaired) electrons. The largest absolute Gasteiger partial charge is 0.0616 e. The van der Waals surface area contributed by atoms with E-state index in [4.69, 9.17) is 0 Å². The molecule has 9 aromatic rings. The van der Waals surface area contributed by atoms with Gasteiger partial charge in [-0.25, -0.2) is 0 Å². The monoisotopic (exact) mass is 582 g/mol. The molecule has 0 aliphatic rings. The van der Waals surface area contributed by atoms with Crippen LogP contribution in [0.25, 0.3) is 87.6 Å². The minimum absolute atomic E-state index is 1.23. The van der Waals surface area contributed by atoms with Crippen molar-refractivity contribution in [1.82, 2.24) is 0 Å². The van der Waals surface area contributed by atoms with Crippen molar-refractivity contribution >= 4 is 43.1 Å². The smallest absolute Gasteiger partial charge is 0.00992 e. The van der Waals surface area contributed by atoms with Gasteiger partial charge >= 0.3 is 0 Å². The third-order valence-electron chi connectivity index (χ3n) is 9.48. The Morgan fingerprint density at radius 2 is 0.587 bits per heavy atom. The summed E-state index contributed by atoms with van der Waals surface area (Å²) < 4.78 is 0. The predicted octanol–water partition coefficient (Wildman–Crippen LogP) is 13.0. The first kappa shape index (κ1) is 26.4. The molecule has 0 fully saturated rings. The molecule has 0 N–H and O–H groups in total. The number of hydrogen-bond acceptors (Lipinski definition) is 0. The zero-order valence-electron chi connectivity index (χ0n) is 25.3. The quantitative estimate of drug-likeness (QED) is 0.181. The van der Waals surface area contributed by atoms with E-state index in [0.717, 1.165) is 0 Å². The van der Waals surface area contributed by atoms with E-state index in [9.17, 15) is 0 Å². The third-order valence-corrected chi connectivity index (χ3v) is 9.48. The Morgan fingerprint density at radius 1 is 0.196 bits per heavy atom. The van der Waals surface area contributed by atoms with E-state index in [1.807, 2.05) is 0 Å². The summed E-state index contributed by atoms with van der Waals surface area (Å²) in [5.74, 6) is 0. The molecule has 0 aromatic heterocycles. The lowest BCUT2D eigenvalue weighted by Gasteiger charge is -2.13. The van der Waals surface area contributed by atoms with Gasteiger partial charge in [0, 0.05) is 0 Å². The van der Waals surface area contributed by atoms with Gasteiger partial charge < -0.3 is 0 Å². The Labute approximate surface area is 268 Å². The summed E-state index contributed by atoms with van der Waals surface area (Å²) in [5.41, 5.74) is 9.90. The molecule has 46 heavy (non-hydrogen) atoms. The number of fused-ring (bicyclic) bond motifs is 5. The topological polar surface area (TPSA) is 0 Å². The van der Waals surface area contributed by atoms with Crippen LogP contribution < -0.4 is 0 Å². The molecule has 214 valence electrons. The molecule has 0 nitrogen and oxygen atoms in total. The van der Waals surface area contributed by atoms with Crippen molar-refractivity contribution < 1.29 is 0 Å². The van der Waals surface area contributed by atoms with Crippen LogP contribution in [-0.4, -0.2) is 0 Å². The minimum atomic E-state index is 1.23. The van der Waals surface area contributed by atoms with Gasteiger partial charge in [-0.3, -0.25) is 0 Å². The van der Waals surface area contributed by atoms with Crippen LogP contribution in [-0.2, 0) is 0 Å². The zero-order chi connectivity index (χ0) is 30.5.